The predicted octanol–water partition coefficient (Wildman–Crippen LogP) is 4.33. The van der Waals surface area contributed by atoms with Gasteiger partial charge in [0.1, 0.15) is 0 Å². The lowest BCUT2D eigenvalue weighted by molar-refractivity contribution is -0.140. The van der Waals surface area contributed by atoms with Crippen molar-refractivity contribution in [3.8, 4) is 0 Å². The zero-order chi connectivity index (χ0) is 25.8. The molecule has 0 spiro atoms. The van der Waals surface area contributed by atoms with Crippen LogP contribution in [0, 0.1) is 18.8 Å². The van der Waals surface area contributed by atoms with Gasteiger partial charge in [-0.25, -0.2) is 0 Å². The molecule has 1 aliphatic carbocycles. The number of piperazine rings is 1. The monoisotopic (exact) mass is 503 g/mol. The zero-order valence-corrected chi connectivity index (χ0v) is 20.9. The summed E-state index contributed by atoms with van der Waals surface area (Å²) in [7, 11) is 0. The van der Waals surface area contributed by atoms with Crippen molar-refractivity contribution in [1.82, 2.24) is 24.6 Å². The van der Waals surface area contributed by atoms with Crippen LogP contribution in [0.15, 0.2) is 23.1 Å². The molecule has 5 rings (SSSR count). The van der Waals surface area contributed by atoms with Crippen molar-refractivity contribution in [3.05, 3.63) is 39.8 Å². The van der Waals surface area contributed by atoms with Crippen LogP contribution in [0.3, 0.4) is 0 Å². The molecule has 194 valence electrons. The van der Waals surface area contributed by atoms with Crippen LogP contribution in [0.4, 0.5) is 13.2 Å². The van der Waals surface area contributed by atoms with Crippen LogP contribution in [0.1, 0.15) is 49.0 Å². The van der Waals surface area contributed by atoms with E-state index in [-0.39, 0.29) is 24.1 Å². The molecule has 0 unspecified atom stereocenters. The fourth-order valence-electron chi connectivity index (χ4n) is 5.82. The summed E-state index contributed by atoms with van der Waals surface area (Å²) in [6.45, 7) is 7.75. The maximum Gasteiger partial charge on any atom is 0.390 e. The molecule has 3 aromatic rings. The Hall–Kier alpha value is -2.88. The van der Waals surface area contributed by atoms with Gasteiger partial charge in [0, 0.05) is 49.7 Å². The van der Waals surface area contributed by atoms with Crippen LogP contribution < -0.4 is 5.56 Å². The maximum atomic E-state index is 13.6. The van der Waals surface area contributed by atoms with Gasteiger partial charge in [0.2, 0.25) is 0 Å². The van der Waals surface area contributed by atoms with Gasteiger partial charge in [-0.3, -0.25) is 19.2 Å². The molecule has 7 nitrogen and oxygen atoms in total. The Labute approximate surface area is 207 Å². The van der Waals surface area contributed by atoms with Crippen LogP contribution in [-0.4, -0.2) is 68.9 Å². The fourth-order valence-corrected chi connectivity index (χ4v) is 5.82. The van der Waals surface area contributed by atoms with Gasteiger partial charge in [0.25, 0.3) is 11.5 Å². The highest BCUT2D eigenvalue weighted by molar-refractivity contribution is 6.07. The van der Waals surface area contributed by atoms with Crippen molar-refractivity contribution < 1.29 is 18.0 Å². The molecule has 0 bridgehead atoms. The van der Waals surface area contributed by atoms with E-state index < -0.39 is 12.6 Å². The Morgan fingerprint density at radius 2 is 1.92 bits per heavy atom. The molecule has 0 radical (unpaired) electrons. The van der Waals surface area contributed by atoms with Crippen molar-refractivity contribution in [3.63, 3.8) is 0 Å². The molecular formula is C26H32F3N5O2. The summed E-state index contributed by atoms with van der Waals surface area (Å²) in [6.07, 6.45) is -1.17. The van der Waals surface area contributed by atoms with E-state index in [0.717, 1.165) is 35.9 Å². The highest BCUT2D eigenvalue weighted by Crippen LogP contribution is 2.35. The molecule has 3 heterocycles. The summed E-state index contributed by atoms with van der Waals surface area (Å²) in [5, 5.41) is 5.79. The molecule has 1 amide bonds. The molecule has 1 N–H and O–H groups in total. The SMILES string of the molecule is Cc1cc2[nH]c(=O)c3cnn(CC4CC(C)C4)c3c2cc1C(=O)N1CCN(CCC(F)(F)F)[C@@H](C)C1. The molecule has 36 heavy (non-hydrogen) atoms. The van der Waals surface area contributed by atoms with Gasteiger partial charge < -0.3 is 9.88 Å². The van der Waals surface area contributed by atoms with Crippen LogP contribution in [0.2, 0.25) is 0 Å². The molecule has 10 heteroatoms. The minimum absolute atomic E-state index is 0.0587. The Balaban J connectivity index is 1.43. The van der Waals surface area contributed by atoms with E-state index in [1.54, 1.807) is 16.0 Å². The van der Waals surface area contributed by atoms with Gasteiger partial charge in [-0.2, -0.15) is 18.3 Å². The lowest BCUT2D eigenvalue weighted by Gasteiger charge is -2.40. The van der Waals surface area contributed by atoms with Gasteiger partial charge >= 0.3 is 6.18 Å². The molecule has 1 atom stereocenters. The van der Waals surface area contributed by atoms with Crippen LogP contribution >= 0.6 is 0 Å². The number of fused-ring (bicyclic) bond motifs is 3. The number of benzene rings is 1. The van der Waals surface area contributed by atoms with Crippen molar-refractivity contribution in [2.75, 3.05) is 26.2 Å². The largest absolute Gasteiger partial charge is 0.390 e. The van der Waals surface area contributed by atoms with E-state index in [2.05, 4.69) is 17.0 Å². The molecule has 1 aromatic carbocycles. The van der Waals surface area contributed by atoms with Gasteiger partial charge in [0.05, 0.1) is 29.0 Å². The summed E-state index contributed by atoms with van der Waals surface area (Å²) in [5.41, 5.74) is 2.49. The first kappa shape index (κ1) is 24.8. The Morgan fingerprint density at radius 1 is 1.17 bits per heavy atom. The average Bonchev–Trinajstić information content (AvgIpc) is 3.20. The third-order valence-corrected chi connectivity index (χ3v) is 7.82. The standard InChI is InChI=1S/C26H32F3N5O2/c1-15-8-18(9-15)14-34-23-20-11-19(16(2)10-22(20)31-24(35)21(23)12-30-34)25(36)33-7-6-32(17(3)13-33)5-4-26(27,28)29/h10-12,15,17-18H,4-9,13-14H2,1-3H3,(H,31,35)/t15?,17-,18?/m0/s1. The van der Waals surface area contributed by atoms with Crippen molar-refractivity contribution in [2.45, 2.75) is 58.8 Å². The summed E-state index contributed by atoms with van der Waals surface area (Å²) >= 11 is 0. The zero-order valence-electron chi connectivity index (χ0n) is 20.9. The van der Waals surface area contributed by atoms with Gasteiger partial charge in [-0.1, -0.05) is 6.92 Å². The number of rotatable bonds is 5. The second kappa shape index (κ2) is 9.21. The number of aryl methyl sites for hydroxylation is 1. The lowest BCUT2D eigenvalue weighted by atomic mass is 9.76. The first-order valence-corrected chi connectivity index (χ1v) is 12.6. The number of halogens is 3. The first-order valence-electron chi connectivity index (χ1n) is 12.6. The number of nitrogens with zero attached hydrogens (tertiary/aromatic N) is 4. The Morgan fingerprint density at radius 3 is 2.58 bits per heavy atom. The molecule has 2 aliphatic rings. The lowest BCUT2D eigenvalue weighted by Crippen LogP contribution is -2.54. The van der Waals surface area contributed by atoms with Crippen LogP contribution in [-0.2, 0) is 6.54 Å². The topological polar surface area (TPSA) is 74.2 Å². The molecule has 2 fully saturated rings. The smallest absolute Gasteiger partial charge is 0.336 e. The third-order valence-electron chi connectivity index (χ3n) is 7.82. The summed E-state index contributed by atoms with van der Waals surface area (Å²) in [5.74, 6) is 1.09. The van der Waals surface area contributed by atoms with Crippen LogP contribution in [0.5, 0.6) is 0 Å². The summed E-state index contributed by atoms with van der Waals surface area (Å²) < 4.78 is 39.9. The fraction of sp³-hybridized carbons (Fsp3) is 0.577. The van der Waals surface area contributed by atoms with E-state index in [0.29, 0.717) is 47.9 Å². The number of hydrogen-bond donors (Lipinski definition) is 1. The average molecular weight is 504 g/mol. The van der Waals surface area contributed by atoms with Gasteiger partial charge in [-0.15, -0.1) is 0 Å². The van der Waals surface area contributed by atoms with Crippen molar-refractivity contribution in [2.24, 2.45) is 11.8 Å². The number of nitrogens with one attached hydrogen (secondary N) is 1. The van der Waals surface area contributed by atoms with Crippen molar-refractivity contribution in [1.29, 1.82) is 0 Å². The number of carbonyl (C=O) groups excluding carboxylic acids is 1. The minimum Gasteiger partial charge on any atom is -0.336 e. The number of alkyl halides is 3. The third kappa shape index (κ3) is 4.75. The maximum absolute atomic E-state index is 13.6. The predicted molar refractivity (Wildman–Crippen MR) is 132 cm³/mol. The Kier molecular flexibility index (Phi) is 6.34. The Bertz CT molecular complexity index is 1360. The summed E-state index contributed by atoms with van der Waals surface area (Å²) in [6, 6.07) is 3.50. The van der Waals surface area contributed by atoms with E-state index >= 15 is 0 Å². The van der Waals surface area contributed by atoms with Gasteiger partial charge in [-0.05, 0) is 56.2 Å². The number of pyridine rings is 1. The first-order chi connectivity index (χ1) is 17.0. The molecule has 1 aliphatic heterocycles. The normalized spacial score (nSPS) is 23.4. The number of carbonyl (C=O) groups is 1. The van der Waals surface area contributed by atoms with E-state index in [4.69, 9.17) is 0 Å². The number of amides is 1. The summed E-state index contributed by atoms with van der Waals surface area (Å²) in [4.78, 5) is 32.7. The number of aromatic nitrogens is 3. The van der Waals surface area contributed by atoms with E-state index in [1.807, 2.05) is 30.7 Å². The molecular weight excluding hydrogens is 471 g/mol. The van der Waals surface area contributed by atoms with E-state index in [9.17, 15) is 22.8 Å². The van der Waals surface area contributed by atoms with Crippen LogP contribution in [0.25, 0.3) is 21.8 Å². The van der Waals surface area contributed by atoms with Crippen molar-refractivity contribution >= 4 is 27.7 Å². The molecule has 1 saturated carbocycles. The van der Waals surface area contributed by atoms with Gasteiger partial charge in [0.15, 0.2) is 0 Å². The number of aromatic amines is 1. The van der Waals surface area contributed by atoms with E-state index in [1.165, 1.54) is 0 Å². The number of H-pyrrole nitrogens is 1. The number of hydrogen-bond acceptors (Lipinski definition) is 4. The minimum atomic E-state index is -4.19. The molecule has 1 saturated heterocycles. The highest BCUT2D eigenvalue weighted by atomic mass is 19.4. The molecule has 2 aromatic heterocycles. The second-order valence-electron chi connectivity index (χ2n) is 10.7. The quantitative estimate of drug-likeness (QED) is 0.563. The second-order valence-corrected chi connectivity index (χ2v) is 10.7. The highest BCUT2D eigenvalue weighted by Gasteiger charge is 2.33.